The average Bonchev–Trinajstić information content (AvgIpc) is 2.64. The van der Waals surface area contributed by atoms with Crippen LogP contribution in [0.4, 0.5) is 0 Å². The second-order valence-corrected chi connectivity index (χ2v) is 6.49. The third kappa shape index (κ3) is 3.73. The minimum atomic E-state index is -0.342. The number of methoxy groups -OCH3 is 1. The SMILES string of the molecule is COc1cc(=O)n(-c2ccccc2)nc1C(=O)N[C@H]1CCCC[C@@H]1C. The van der Waals surface area contributed by atoms with Crippen molar-refractivity contribution in [3.05, 3.63) is 52.4 Å². The molecule has 2 aromatic rings. The molecule has 0 saturated heterocycles. The maximum Gasteiger partial charge on any atom is 0.275 e. The average molecular weight is 341 g/mol. The van der Waals surface area contributed by atoms with E-state index < -0.39 is 0 Å². The summed E-state index contributed by atoms with van der Waals surface area (Å²) < 4.78 is 6.44. The number of benzene rings is 1. The molecule has 6 heteroatoms. The Kier molecular flexibility index (Phi) is 5.16. The predicted molar refractivity (Wildman–Crippen MR) is 95.3 cm³/mol. The van der Waals surface area contributed by atoms with Gasteiger partial charge in [0.1, 0.15) is 0 Å². The van der Waals surface area contributed by atoms with Crippen molar-refractivity contribution in [2.45, 2.75) is 38.6 Å². The molecule has 2 atom stereocenters. The molecule has 0 bridgehead atoms. The summed E-state index contributed by atoms with van der Waals surface area (Å²) in [5.74, 6) is 0.321. The van der Waals surface area contributed by atoms with E-state index in [2.05, 4.69) is 17.3 Å². The lowest BCUT2D eigenvalue weighted by Crippen LogP contribution is -2.42. The fraction of sp³-hybridized carbons (Fsp3) is 0.421. The van der Waals surface area contributed by atoms with Gasteiger partial charge in [-0.1, -0.05) is 38.0 Å². The molecular weight excluding hydrogens is 318 g/mol. The number of aromatic nitrogens is 2. The van der Waals surface area contributed by atoms with Crippen molar-refractivity contribution in [3.8, 4) is 11.4 Å². The minimum Gasteiger partial charge on any atom is -0.494 e. The van der Waals surface area contributed by atoms with Crippen LogP contribution in [-0.2, 0) is 0 Å². The van der Waals surface area contributed by atoms with Crippen LogP contribution in [0.15, 0.2) is 41.2 Å². The van der Waals surface area contributed by atoms with Gasteiger partial charge in [-0.3, -0.25) is 9.59 Å². The van der Waals surface area contributed by atoms with Crippen molar-refractivity contribution >= 4 is 5.91 Å². The predicted octanol–water partition coefficient (Wildman–Crippen LogP) is 2.55. The molecule has 1 saturated carbocycles. The number of nitrogens with one attached hydrogen (secondary N) is 1. The Labute approximate surface area is 146 Å². The standard InChI is InChI=1S/C19H23N3O3/c1-13-8-6-7-11-15(13)20-19(24)18-16(25-2)12-17(23)22(21-18)14-9-4-3-5-10-14/h3-5,9-10,12-13,15H,6-8,11H2,1-2H3,(H,20,24)/t13-,15-/m0/s1. The van der Waals surface area contributed by atoms with Gasteiger partial charge in [-0.05, 0) is 30.9 Å². The fourth-order valence-corrected chi connectivity index (χ4v) is 3.27. The fourth-order valence-electron chi connectivity index (χ4n) is 3.27. The zero-order valence-electron chi connectivity index (χ0n) is 14.6. The summed E-state index contributed by atoms with van der Waals surface area (Å²) in [6.07, 6.45) is 4.39. The summed E-state index contributed by atoms with van der Waals surface area (Å²) in [7, 11) is 1.43. The topological polar surface area (TPSA) is 73.2 Å². The van der Waals surface area contributed by atoms with Gasteiger partial charge in [-0.2, -0.15) is 9.78 Å². The largest absolute Gasteiger partial charge is 0.494 e. The zero-order valence-corrected chi connectivity index (χ0v) is 14.6. The summed E-state index contributed by atoms with van der Waals surface area (Å²) in [5, 5.41) is 7.33. The summed E-state index contributed by atoms with van der Waals surface area (Å²) in [4.78, 5) is 25.1. The number of carbonyl (C=O) groups is 1. The first kappa shape index (κ1) is 17.2. The van der Waals surface area contributed by atoms with Gasteiger partial charge in [-0.25, -0.2) is 0 Å². The van der Waals surface area contributed by atoms with Crippen LogP contribution in [0.5, 0.6) is 5.75 Å². The number of hydrogen-bond acceptors (Lipinski definition) is 4. The lowest BCUT2D eigenvalue weighted by Gasteiger charge is -2.29. The number of amides is 1. The lowest BCUT2D eigenvalue weighted by molar-refractivity contribution is 0.0899. The molecule has 25 heavy (non-hydrogen) atoms. The van der Waals surface area contributed by atoms with Gasteiger partial charge in [-0.15, -0.1) is 0 Å². The molecule has 1 fully saturated rings. The molecule has 132 valence electrons. The number of carbonyl (C=O) groups excluding carboxylic acids is 1. The quantitative estimate of drug-likeness (QED) is 0.927. The van der Waals surface area contributed by atoms with Crippen LogP contribution in [0.2, 0.25) is 0 Å². The third-order valence-electron chi connectivity index (χ3n) is 4.76. The van der Waals surface area contributed by atoms with Gasteiger partial charge in [0.2, 0.25) is 0 Å². The Morgan fingerprint density at radius 2 is 1.96 bits per heavy atom. The number of rotatable bonds is 4. The molecule has 1 aliphatic rings. The van der Waals surface area contributed by atoms with Crippen LogP contribution >= 0.6 is 0 Å². The van der Waals surface area contributed by atoms with Crippen molar-refractivity contribution in [2.75, 3.05) is 7.11 Å². The molecule has 6 nitrogen and oxygen atoms in total. The molecule has 0 unspecified atom stereocenters. The molecule has 1 amide bonds. The second-order valence-electron chi connectivity index (χ2n) is 6.49. The molecule has 1 aliphatic carbocycles. The first-order valence-corrected chi connectivity index (χ1v) is 8.65. The van der Waals surface area contributed by atoms with Gasteiger partial charge >= 0.3 is 0 Å². The molecule has 0 radical (unpaired) electrons. The van der Waals surface area contributed by atoms with Crippen molar-refractivity contribution in [2.24, 2.45) is 5.92 Å². The Balaban J connectivity index is 1.94. The number of hydrogen-bond donors (Lipinski definition) is 1. The van der Waals surface area contributed by atoms with Crippen molar-refractivity contribution in [1.29, 1.82) is 0 Å². The highest BCUT2D eigenvalue weighted by atomic mass is 16.5. The molecule has 1 aromatic heterocycles. The van der Waals surface area contributed by atoms with Gasteiger partial charge in [0.25, 0.3) is 11.5 Å². The maximum absolute atomic E-state index is 12.8. The van der Waals surface area contributed by atoms with E-state index in [-0.39, 0.29) is 29.0 Å². The third-order valence-corrected chi connectivity index (χ3v) is 4.76. The summed E-state index contributed by atoms with van der Waals surface area (Å²) in [5.41, 5.74) is 0.393. The summed E-state index contributed by atoms with van der Waals surface area (Å²) >= 11 is 0. The van der Waals surface area contributed by atoms with Crippen LogP contribution in [0, 0.1) is 5.92 Å². The Bertz CT molecular complexity index is 801. The highest BCUT2D eigenvalue weighted by molar-refractivity contribution is 5.95. The van der Waals surface area contributed by atoms with Crippen molar-refractivity contribution in [1.82, 2.24) is 15.1 Å². The van der Waals surface area contributed by atoms with Crippen LogP contribution in [0.1, 0.15) is 43.1 Å². The van der Waals surface area contributed by atoms with Crippen LogP contribution < -0.4 is 15.6 Å². The molecule has 1 N–H and O–H groups in total. The second kappa shape index (κ2) is 7.51. The number of ether oxygens (including phenoxy) is 1. The Hall–Kier alpha value is -2.63. The van der Waals surface area contributed by atoms with Crippen molar-refractivity contribution < 1.29 is 9.53 Å². The van der Waals surface area contributed by atoms with Crippen molar-refractivity contribution in [3.63, 3.8) is 0 Å². The van der Waals surface area contributed by atoms with Crippen LogP contribution in [0.25, 0.3) is 5.69 Å². The summed E-state index contributed by atoms with van der Waals surface area (Å²) in [6.45, 7) is 2.15. The Morgan fingerprint density at radius 3 is 2.64 bits per heavy atom. The van der Waals surface area contributed by atoms with E-state index in [1.54, 1.807) is 12.1 Å². The number of nitrogens with zero attached hydrogens (tertiary/aromatic N) is 2. The zero-order chi connectivity index (χ0) is 17.8. The first-order chi connectivity index (χ1) is 12.1. The van der Waals surface area contributed by atoms with Crippen LogP contribution in [-0.4, -0.2) is 28.8 Å². The van der Waals surface area contributed by atoms with Gasteiger partial charge in [0, 0.05) is 6.04 Å². The Morgan fingerprint density at radius 1 is 1.24 bits per heavy atom. The summed E-state index contributed by atoms with van der Waals surface area (Å²) in [6, 6.07) is 10.5. The highest BCUT2D eigenvalue weighted by Crippen LogP contribution is 2.24. The van der Waals surface area contributed by atoms with Gasteiger partial charge in [0.15, 0.2) is 11.4 Å². The van der Waals surface area contributed by atoms with Gasteiger partial charge in [0.05, 0.1) is 18.9 Å². The highest BCUT2D eigenvalue weighted by Gasteiger charge is 2.26. The van der Waals surface area contributed by atoms with E-state index in [1.807, 2.05) is 18.2 Å². The number of para-hydroxylation sites is 1. The molecule has 1 heterocycles. The first-order valence-electron chi connectivity index (χ1n) is 8.65. The molecule has 0 aliphatic heterocycles. The van der Waals surface area contributed by atoms with E-state index in [9.17, 15) is 9.59 Å². The normalized spacial score (nSPS) is 20.1. The van der Waals surface area contributed by atoms with E-state index in [4.69, 9.17) is 4.74 Å². The van der Waals surface area contributed by atoms with Crippen LogP contribution in [0.3, 0.4) is 0 Å². The molecule has 0 spiro atoms. The van der Waals surface area contributed by atoms with E-state index in [0.717, 1.165) is 19.3 Å². The van der Waals surface area contributed by atoms with Gasteiger partial charge < -0.3 is 10.1 Å². The lowest BCUT2D eigenvalue weighted by atomic mass is 9.86. The minimum absolute atomic E-state index is 0.128. The monoisotopic (exact) mass is 341 g/mol. The van der Waals surface area contributed by atoms with E-state index >= 15 is 0 Å². The molecular formula is C19H23N3O3. The molecule has 3 rings (SSSR count). The molecule has 1 aromatic carbocycles. The smallest absolute Gasteiger partial charge is 0.275 e. The van der Waals surface area contributed by atoms with E-state index in [1.165, 1.54) is 24.3 Å². The van der Waals surface area contributed by atoms with E-state index in [0.29, 0.717) is 11.6 Å². The maximum atomic E-state index is 12.8.